The van der Waals surface area contributed by atoms with Crippen LogP contribution < -0.4 is 4.74 Å². The van der Waals surface area contributed by atoms with Crippen LogP contribution in [0.15, 0.2) is 42.6 Å². The van der Waals surface area contributed by atoms with Crippen LogP contribution in [0.5, 0.6) is 5.88 Å². The highest BCUT2D eigenvalue weighted by Crippen LogP contribution is 2.32. The molecular formula is C29H37N3O5. The number of carboxylic acids is 1. The molecule has 2 aliphatic rings. The lowest BCUT2D eigenvalue weighted by Gasteiger charge is -2.37. The normalized spacial score (nSPS) is 20.9. The lowest BCUT2D eigenvalue weighted by Crippen LogP contribution is -2.49. The van der Waals surface area contributed by atoms with E-state index in [1.807, 2.05) is 32.2 Å². The van der Waals surface area contributed by atoms with E-state index < -0.39 is 5.97 Å². The molecule has 2 N–H and O–H groups in total. The third kappa shape index (κ3) is 6.37. The smallest absolute Gasteiger partial charge is 0.335 e. The fraction of sp³-hybridized carbons (Fsp3) is 0.483. The molecule has 0 spiro atoms. The van der Waals surface area contributed by atoms with Crippen LogP contribution in [0.25, 0.3) is 5.57 Å². The average Bonchev–Trinajstić information content (AvgIpc) is 2.90. The second-order valence-electron chi connectivity index (χ2n) is 10.4. The fourth-order valence-electron chi connectivity index (χ4n) is 5.03. The second-order valence-corrected chi connectivity index (χ2v) is 10.4. The highest BCUT2D eigenvalue weighted by molar-refractivity contribution is 5.97. The predicted octanol–water partition coefficient (Wildman–Crippen LogP) is 4.09. The van der Waals surface area contributed by atoms with E-state index >= 15 is 0 Å². The van der Waals surface area contributed by atoms with Crippen LogP contribution in [0, 0.1) is 5.92 Å². The van der Waals surface area contributed by atoms with Gasteiger partial charge in [0.15, 0.2) is 0 Å². The number of likely N-dealkylation sites (N-methyl/N-ethyl adjacent to an activating group) is 1. The Balaban J connectivity index is 1.59. The molecule has 4 rings (SSSR count). The number of ether oxygens (including phenoxy) is 1. The first kappa shape index (κ1) is 26.8. The molecule has 198 valence electrons. The Morgan fingerprint density at radius 3 is 2.68 bits per heavy atom. The summed E-state index contributed by atoms with van der Waals surface area (Å²) in [5, 5.41) is 19.0. The van der Waals surface area contributed by atoms with E-state index in [0.29, 0.717) is 31.1 Å². The maximum Gasteiger partial charge on any atom is 0.335 e. The number of nitrogens with zero attached hydrogens (tertiary/aromatic N) is 3. The Labute approximate surface area is 218 Å². The van der Waals surface area contributed by atoms with Gasteiger partial charge >= 0.3 is 5.97 Å². The van der Waals surface area contributed by atoms with Crippen LogP contribution in [0.4, 0.5) is 0 Å². The molecule has 2 heterocycles. The molecule has 2 aromatic rings. The zero-order valence-electron chi connectivity index (χ0n) is 21.9. The molecule has 1 aromatic carbocycles. The molecule has 0 bridgehead atoms. The van der Waals surface area contributed by atoms with Gasteiger partial charge in [-0.15, -0.1) is 0 Å². The fourth-order valence-corrected chi connectivity index (χ4v) is 5.03. The van der Waals surface area contributed by atoms with Gasteiger partial charge in [0.25, 0.3) is 5.91 Å². The summed E-state index contributed by atoms with van der Waals surface area (Å²) in [6, 6.07) is 8.44. The first-order valence-electron chi connectivity index (χ1n) is 13.1. The van der Waals surface area contributed by atoms with Gasteiger partial charge in [0.2, 0.25) is 5.88 Å². The maximum absolute atomic E-state index is 13.6. The van der Waals surface area contributed by atoms with Crippen LogP contribution in [0.2, 0.25) is 0 Å². The van der Waals surface area contributed by atoms with Crippen molar-refractivity contribution in [3.63, 3.8) is 0 Å². The van der Waals surface area contributed by atoms with E-state index in [4.69, 9.17) is 9.84 Å². The number of aromatic nitrogens is 1. The Bertz CT molecular complexity index is 1150. The summed E-state index contributed by atoms with van der Waals surface area (Å²) in [5.74, 6) is -0.789. The number of aliphatic hydroxyl groups excluding tert-OH is 1. The van der Waals surface area contributed by atoms with Gasteiger partial charge < -0.3 is 19.8 Å². The number of aromatic carboxylic acids is 1. The number of carbonyl (C=O) groups is 2. The van der Waals surface area contributed by atoms with E-state index in [2.05, 4.69) is 22.9 Å². The highest BCUT2D eigenvalue weighted by Gasteiger charge is 2.34. The maximum atomic E-state index is 13.6. The molecule has 1 amide bonds. The van der Waals surface area contributed by atoms with Crippen molar-refractivity contribution in [2.45, 2.75) is 58.2 Å². The number of fused-ring (bicyclic) bond motifs is 1. The van der Waals surface area contributed by atoms with Gasteiger partial charge in [-0.1, -0.05) is 25.1 Å². The van der Waals surface area contributed by atoms with Crippen molar-refractivity contribution in [1.82, 2.24) is 14.8 Å². The molecule has 0 radical (unpaired) electrons. The van der Waals surface area contributed by atoms with Crippen LogP contribution in [-0.2, 0) is 6.54 Å². The van der Waals surface area contributed by atoms with E-state index in [1.54, 1.807) is 23.2 Å². The Kier molecular flexibility index (Phi) is 8.61. The lowest BCUT2D eigenvalue weighted by atomic mass is 9.93. The van der Waals surface area contributed by atoms with E-state index in [-0.39, 0.29) is 36.1 Å². The highest BCUT2D eigenvalue weighted by atomic mass is 16.5. The van der Waals surface area contributed by atoms with Gasteiger partial charge in [0.05, 0.1) is 18.2 Å². The summed E-state index contributed by atoms with van der Waals surface area (Å²) >= 11 is 0. The Morgan fingerprint density at radius 1 is 1.27 bits per heavy atom. The summed E-state index contributed by atoms with van der Waals surface area (Å²) < 4.78 is 6.42. The monoisotopic (exact) mass is 507 g/mol. The molecule has 37 heavy (non-hydrogen) atoms. The van der Waals surface area contributed by atoms with Crippen molar-refractivity contribution in [2.75, 3.05) is 26.7 Å². The molecule has 0 saturated heterocycles. The third-order valence-electron chi connectivity index (χ3n) is 7.33. The summed E-state index contributed by atoms with van der Waals surface area (Å²) in [7, 11) is 1.99. The second kappa shape index (κ2) is 11.9. The van der Waals surface area contributed by atoms with Crippen molar-refractivity contribution in [2.24, 2.45) is 5.92 Å². The van der Waals surface area contributed by atoms with Gasteiger partial charge in [-0.05, 0) is 74.6 Å². The molecule has 1 aliphatic heterocycles. The lowest BCUT2D eigenvalue weighted by molar-refractivity contribution is 0.0325. The number of pyridine rings is 1. The van der Waals surface area contributed by atoms with Gasteiger partial charge in [-0.25, -0.2) is 9.78 Å². The number of carboxylic acid groups (broad SMARTS) is 1. The van der Waals surface area contributed by atoms with Gasteiger partial charge in [0, 0.05) is 31.7 Å². The number of hydrogen-bond donors (Lipinski definition) is 2. The van der Waals surface area contributed by atoms with Crippen molar-refractivity contribution >= 4 is 17.4 Å². The van der Waals surface area contributed by atoms with Gasteiger partial charge in [-0.2, -0.15) is 0 Å². The SMILES string of the molecule is C[C@H]1CN([C@@H](C)CO)C(=O)c2cc(C3=CCCCC3)cnc2O[C@H]1CN(C)Cc1ccc(C(=O)O)cc1. The molecule has 0 unspecified atom stereocenters. The molecular weight excluding hydrogens is 470 g/mol. The van der Waals surface area contributed by atoms with Crippen LogP contribution in [0.3, 0.4) is 0 Å². The van der Waals surface area contributed by atoms with Crippen molar-refractivity contribution in [3.05, 3.63) is 64.9 Å². The van der Waals surface area contributed by atoms with Crippen LogP contribution in [-0.4, -0.2) is 75.8 Å². The Hall–Kier alpha value is -3.23. The largest absolute Gasteiger partial charge is 0.478 e. The minimum atomic E-state index is -0.943. The molecule has 1 aromatic heterocycles. The number of rotatable bonds is 8. The summed E-state index contributed by atoms with van der Waals surface area (Å²) in [6.45, 7) is 5.45. The van der Waals surface area contributed by atoms with E-state index in [0.717, 1.165) is 30.4 Å². The molecule has 1 aliphatic carbocycles. The quantitative estimate of drug-likeness (QED) is 0.555. The number of allylic oxidation sites excluding steroid dienone is 2. The first-order chi connectivity index (χ1) is 17.8. The van der Waals surface area contributed by atoms with E-state index in [1.165, 1.54) is 12.0 Å². The standard InChI is InChI=1S/C29H37N3O5/c1-19-15-32(20(2)18-33)28(34)25-13-24(22-7-5-4-6-8-22)14-30-27(25)37-26(19)17-31(3)16-21-9-11-23(12-10-21)29(35)36/h7,9-14,19-20,26,33H,4-6,8,15-18H2,1-3H3,(H,35,36)/t19-,20-,26-/m0/s1. The first-order valence-corrected chi connectivity index (χ1v) is 13.1. The van der Waals surface area contributed by atoms with Crippen molar-refractivity contribution < 1.29 is 24.5 Å². The van der Waals surface area contributed by atoms with E-state index in [9.17, 15) is 14.7 Å². The van der Waals surface area contributed by atoms with Gasteiger partial charge in [-0.3, -0.25) is 9.69 Å². The molecule has 0 saturated carbocycles. The number of aliphatic hydroxyl groups is 1. The molecule has 8 nitrogen and oxygen atoms in total. The predicted molar refractivity (Wildman–Crippen MR) is 142 cm³/mol. The number of amides is 1. The molecule has 8 heteroatoms. The van der Waals surface area contributed by atoms with Crippen LogP contribution >= 0.6 is 0 Å². The molecule has 3 atom stereocenters. The minimum Gasteiger partial charge on any atom is -0.478 e. The average molecular weight is 508 g/mol. The zero-order valence-corrected chi connectivity index (χ0v) is 21.9. The minimum absolute atomic E-state index is 0.00883. The molecule has 0 fully saturated rings. The van der Waals surface area contributed by atoms with Crippen molar-refractivity contribution in [1.29, 1.82) is 0 Å². The topological polar surface area (TPSA) is 103 Å². The Morgan fingerprint density at radius 2 is 2.03 bits per heavy atom. The number of carbonyl (C=O) groups excluding carboxylic acids is 1. The van der Waals surface area contributed by atoms with Gasteiger partial charge in [0.1, 0.15) is 11.7 Å². The van der Waals surface area contributed by atoms with Crippen LogP contribution in [0.1, 0.15) is 71.4 Å². The summed E-state index contributed by atoms with van der Waals surface area (Å²) in [6.07, 6.45) is 8.13. The summed E-state index contributed by atoms with van der Waals surface area (Å²) in [5.41, 5.74) is 3.88. The number of hydrogen-bond acceptors (Lipinski definition) is 6. The zero-order chi connectivity index (χ0) is 26.5. The summed E-state index contributed by atoms with van der Waals surface area (Å²) in [4.78, 5) is 33.3. The van der Waals surface area contributed by atoms with Crippen molar-refractivity contribution in [3.8, 4) is 5.88 Å². The third-order valence-corrected chi connectivity index (χ3v) is 7.33. The number of benzene rings is 1.